The first-order valence-corrected chi connectivity index (χ1v) is 8.35. The largest absolute Gasteiger partial charge is 0.417 e. The van der Waals surface area contributed by atoms with Crippen molar-refractivity contribution in [2.24, 2.45) is 0 Å². The van der Waals surface area contributed by atoms with Gasteiger partial charge in [0.05, 0.1) is 5.02 Å². The van der Waals surface area contributed by atoms with Gasteiger partial charge in [0.25, 0.3) is 0 Å². The Kier molecular flexibility index (Phi) is 5.34. The first-order chi connectivity index (χ1) is 12.5. The molecule has 0 aliphatic carbocycles. The van der Waals surface area contributed by atoms with Crippen molar-refractivity contribution in [3.8, 4) is 16.9 Å². The molecule has 130 valence electrons. The van der Waals surface area contributed by atoms with Gasteiger partial charge >= 0.3 is 6.09 Å². The summed E-state index contributed by atoms with van der Waals surface area (Å²) in [6.45, 7) is 1.46. The molecule has 0 saturated carbocycles. The van der Waals surface area contributed by atoms with Crippen molar-refractivity contribution in [2.45, 2.75) is 6.92 Å². The fourth-order valence-electron chi connectivity index (χ4n) is 2.45. The van der Waals surface area contributed by atoms with Gasteiger partial charge in [0, 0.05) is 11.3 Å². The monoisotopic (exact) mass is 365 g/mol. The molecule has 0 unspecified atom stereocenters. The van der Waals surface area contributed by atoms with Crippen LogP contribution in [0.25, 0.3) is 11.1 Å². The fourth-order valence-corrected chi connectivity index (χ4v) is 2.67. The van der Waals surface area contributed by atoms with Crippen molar-refractivity contribution >= 4 is 29.2 Å². The molecule has 0 bridgehead atoms. The van der Waals surface area contributed by atoms with Gasteiger partial charge in [-0.05, 0) is 42.3 Å². The predicted octanol–water partition coefficient (Wildman–Crippen LogP) is 5.82. The Morgan fingerprint density at radius 2 is 1.65 bits per heavy atom. The average Bonchev–Trinajstić information content (AvgIpc) is 2.64. The SMILES string of the molecule is CC(=O)c1cccc(NC(=O)Oc2ccc(-c3ccccc3)cc2Cl)c1. The number of ether oxygens (including phenoxy) is 1. The summed E-state index contributed by atoms with van der Waals surface area (Å²) in [5, 5.41) is 2.92. The molecule has 0 radical (unpaired) electrons. The third-order valence-electron chi connectivity index (χ3n) is 3.76. The summed E-state index contributed by atoms with van der Waals surface area (Å²) >= 11 is 6.24. The van der Waals surface area contributed by atoms with E-state index in [1.807, 2.05) is 36.4 Å². The number of anilines is 1. The first kappa shape index (κ1) is 17.7. The highest BCUT2D eigenvalue weighted by atomic mass is 35.5. The van der Waals surface area contributed by atoms with E-state index in [-0.39, 0.29) is 11.5 Å². The maximum Gasteiger partial charge on any atom is 0.417 e. The van der Waals surface area contributed by atoms with Gasteiger partial charge in [0.2, 0.25) is 0 Å². The van der Waals surface area contributed by atoms with Crippen molar-refractivity contribution in [3.05, 3.63) is 83.4 Å². The minimum Gasteiger partial charge on any atom is -0.409 e. The molecule has 3 rings (SSSR count). The molecule has 0 heterocycles. The Morgan fingerprint density at radius 1 is 0.885 bits per heavy atom. The van der Waals surface area contributed by atoms with Gasteiger partial charge in [-0.1, -0.05) is 60.1 Å². The highest BCUT2D eigenvalue weighted by molar-refractivity contribution is 6.32. The summed E-state index contributed by atoms with van der Waals surface area (Å²) in [5.74, 6) is 0.174. The molecule has 0 aromatic heterocycles. The van der Waals surface area contributed by atoms with Gasteiger partial charge in [-0.15, -0.1) is 0 Å². The standard InChI is InChI=1S/C21H16ClNO3/c1-14(24)16-8-5-9-18(12-16)23-21(25)26-20-11-10-17(13-19(20)22)15-6-3-2-4-7-15/h2-13H,1H3,(H,23,25). The smallest absolute Gasteiger partial charge is 0.409 e. The highest BCUT2D eigenvalue weighted by Crippen LogP contribution is 2.30. The molecule has 3 aromatic rings. The minimum atomic E-state index is -0.680. The number of rotatable bonds is 4. The predicted molar refractivity (Wildman–Crippen MR) is 103 cm³/mol. The van der Waals surface area contributed by atoms with E-state index in [9.17, 15) is 9.59 Å². The van der Waals surface area contributed by atoms with E-state index in [1.54, 1.807) is 36.4 Å². The number of ketones is 1. The van der Waals surface area contributed by atoms with Gasteiger partial charge in [-0.25, -0.2) is 4.79 Å². The van der Waals surface area contributed by atoms with E-state index in [0.29, 0.717) is 16.3 Å². The molecule has 5 heteroatoms. The van der Waals surface area contributed by atoms with Crippen LogP contribution in [0.4, 0.5) is 10.5 Å². The van der Waals surface area contributed by atoms with Gasteiger partial charge in [0.15, 0.2) is 11.5 Å². The summed E-state index contributed by atoms with van der Waals surface area (Å²) in [5.41, 5.74) is 2.93. The van der Waals surface area contributed by atoms with Crippen molar-refractivity contribution in [1.82, 2.24) is 0 Å². The maximum absolute atomic E-state index is 12.1. The van der Waals surface area contributed by atoms with Gasteiger partial charge < -0.3 is 4.74 Å². The van der Waals surface area contributed by atoms with Crippen molar-refractivity contribution in [3.63, 3.8) is 0 Å². The Morgan fingerprint density at radius 3 is 2.35 bits per heavy atom. The van der Waals surface area contributed by atoms with Crippen LogP contribution >= 0.6 is 11.6 Å². The molecule has 26 heavy (non-hydrogen) atoms. The second kappa shape index (κ2) is 7.85. The van der Waals surface area contributed by atoms with E-state index in [2.05, 4.69) is 5.32 Å². The average molecular weight is 366 g/mol. The number of carbonyl (C=O) groups excluding carboxylic acids is 2. The van der Waals surface area contributed by atoms with Gasteiger partial charge in [-0.3, -0.25) is 10.1 Å². The lowest BCUT2D eigenvalue weighted by Gasteiger charge is -2.10. The molecular formula is C21H16ClNO3. The molecule has 0 aliphatic rings. The van der Waals surface area contributed by atoms with Crippen LogP contribution < -0.4 is 10.1 Å². The number of hydrogen-bond donors (Lipinski definition) is 1. The molecule has 3 aromatic carbocycles. The lowest BCUT2D eigenvalue weighted by atomic mass is 10.1. The van der Waals surface area contributed by atoms with Gasteiger partial charge in [0.1, 0.15) is 0 Å². The lowest BCUT2D eigenvalue weighted by Crippen LogP contribution is -2.17. The van der Waals surface area contributed by atoms with E-state index in [0.717, 1.165) is 11.1 Å². The van der Waals surface area contributed by atoms with Crippen LogP contribution in [0, 0.1) is 0 Å². The minimum absolute atomic E-state index is 0.0819. The molecule has 0 saturated heterocycles. The molecule has 0 aliphatic heterocycles. The number of hydrogen-bond acceptors (Lipinski definition) is 3. The Hall–Kier alpha value is -3.11. The summed E-state index contributed by atoms with van der Waals surface area (Å²) in [6, 6.07) is 21.6. The number of benzene rings is 3. The third-order valence-corrected chi connectivity index (χ3v) is 4.05. The summed E-state index contributed by atoms with van der Waals surface area (Å²) in [7, 11) is 0. The van der Waals surface area contributed by atoms with E-state index < -0.39 is 6.09 Å². The highest BCUT2D eigenvalue weighted by Gasteiger charge is 2.11. The molecule has 0 spiro atoms. The third kappa shape index (κ3) is 4.29. The van der Waals surface area contributed by atoms with Crippen LogP contribution in [-0.2, 0) is 0 Å². The normalized spacial score (nSPS) is 10.2. The quantitative estimate of drug-likeness (QED) is 0.592. The number of nitrogens with one attached hydrogen (secondary N) is 1. The molecular weight excluding hydrogens is 350 g/mol. The van der Waals surface area contributed by atoms with Crippen LogP contribution in [0.15, 0.2) is 72.8 Å². The second-order valence-corrected chi connectivity index (χ2v) is 6.07. The molecule has 0 atom stereocenters. The fraction of sp³-hybridized carbons (Fsp3) is 0.0476. The van der Waals surface area contributed by atoms with Crippen LogP contribution in [0.1, 0.15) is 17.3 Å². The van der Waals surface area contributed by atoms with E-state index in [4.69, 9.17) is 16.3 Å². The van der Waals surface area contributed by atoms with Crippen LogP contribution in [0.3, 0.4) is 0 Å². The van der Waals surface area contributed by atoms with Crippen molar-refractivity contribution in [2.75, 3.05) is 5.32 Å². The van der Waals surface area contributed by atoms with Crippen LogP contribution in [0.5, 0.6) is 5.75 Å². The molecule has 4 nitrogen and oxygen atoms in total. The van der Waals surface area contributed by atoms with Crippen LogP contribution in [0.2, 0.25) is 5.02 Å². The Labute approximate surface area is 156 Å². The van der Waals surface area contributed by atoms with Crippen molar-refractivity contribution < 1.29 is 14.3 Å². The summed E-state index contributed by atoms with van der Waals surface area (Å²) in [4.78, 5) is 23.5. The van der Waals surface area contributed by atoms with Gasteiger partial charge in [-0.2, -0.15) is 0 Å². The lowest BCUT2D eigenvalue weighted by molar-refractivity contribution is 0.101. The topological polar surface area (TPSA) is 55.4 Å². The summed E-state index contributed by atoms with van der Waals surface area (Å²) in [6.07, 6.45) is -0.680. The molecule has 1 N–H and O–H groups in total. The van der Waals surface area contributed by atoms with E-state index >= 15 is 0 Å². The molecule has 1 amide bonds. The van der Waals surface area contributed by atoms with Crippen molar-refractivity contribution in [1.29, 1.82) is 0 Å². The number of Topliss-reactive ketones (excluding diaryl/α,β-unsaturated/α-hetero) is 1. The Balaban J connectivity index is 1.71. The number of amides is 1. The molecule has 0 fully saturated rings. The second-order valence-electron chi connectivity index (χ2n) is 5.66. The zero-order chi connectivity index (χ0) is 18.5. The van der Waals surface area contributed by atoms with Crippen LogP contribution in [-0.4, -0.2) is 11.9 Å². The maximum atomic E-state index is 12.1. The zero-order valence-electron chi connectivity index (χ0n) is 14.0. The number of carbonyl (C=O) groups is 2. The van der Waals surface area contributed by atoms with E-state index in [1.165, 1.54) is 6.92 Å². The Bertz CT molecular complexity index is 954. The first-order valence-electron chi connectivity index (χ1n) is 7.98. The summed E-state index contributed by atoms with van der Waals surface area (Å²) < 4.78 is 5.27. The number of halogens is 1. The zero-order valence-corrected chi connectivity index (χ0v) is 14.8.